The van der Waals surface area contributed by atoms with E-state index in [0.29, 0.717) is 27.6 Å². The summed E-state index contributed by atoms with van der Waals surface area (Å²) in [6, 6.07) is 11.0. The second-order valence-corrected chi connectivity index (χ2v) is 5.91. The summed E-state index contributed by atoms with van der Waals surface area (Å²) < 4.78 is 5.93. The third-order valence-corrected chi connectivity index (χ3v) is 4.40. The number of nitrogen functional groups attached to an aromatic ring is 1. The molecule has 1 aromatic heterocycles. The minimum atomic E-state index is 0.00134. The maximum Gasteiger partial charge on any atom is 0.200 e. The van der Waals surface area contributed by atoms with Crippen LogP contribution in [-0.2, 0) is 0 Å². The lowest BCUT2D eigenvalue weighted by Gasteiger charge is -2.28. The van der Waals surface area contributed by atoms with Gasteiger partial charge in [0.2, 0.25) is 5.43 Å². The Labute approximate surface area is 128 Å². The molecule has 2 N–H and O–H groups in total. The molecule has 22 heavy (non-hydrogen) atoms. The van der Waals surface area contributed by atoms with Gasteiger partial charge in [-0.1, -0.05) is 0 Å². The molecule has 1 saturated heterocycles. The maximum atomic E-state index is 12.6. The predicted octanol–water partition coefficient (Wildman–Crippen LogP) is 3.52. The lowest BCUT2D eigenvalue weighted by molar-refractivity contribution is 0.577. The fourth-order valence-corrected chi connectivity index (χ4v) is 3.21. The largest absolute Gasteiger partial charge is 0.456 e. The summed E-state index contributed by atoms with van der Waals surface area (Å²) in [5, 5.41) is 1.20. The van der Waals surface area contributed by atoms with Gasteiger partial charge in [0.25, 0.3) is 0 Å². The average molecular weight is 294 g/mol. The minimum absolute atomic E-state index is 0.00134. The van der Waals surface area contributed by atoms with Crippen LogP contribution in [0.25, 0.3) is 21.9 Å². The Bertz CT molecular complexity index is 908. The molecule has 0 atom stereocenters. The molecule has 112 valence electrons. The summed E-state index contributed by atoms with van der Waals surface area (Å²) in [6.45, 7) is 2.13. The van der Waals surface area contributed by atoms with Crippen LogP contribution < -0.4 is 16.1 Å². The molecule has 1 aliphatic rings. The van der Waals surface area contributed by atoms with E-state index in [0.717, 1.165) is 18.8 Å². The summed E-state index contributed by atoms with van der Waals surface area (Å²) in [5.74, 6) is 0. The molecule has 1 aliphatic heterocycles. The number of rotatable bonds is 1. The first-order chi connectivity index (χ1) is 10.7. The number of hydrogen-bond donors (Lipinski definition) is 1. The van der Waals surface area contributed by atoms with Crippen molar-refractivity contribution in [2.24, 2.45) is 0 Å². The molecular weight excluding hydrogens is 276 g/mol. The van der Waals surface area contributed by atoms with Gasteiger partial charge in [-0.2, -0.15) is 0 Å². The lowest BCUT2D eigenvalue weighted by atomic mass is 10.1. The van der Waals surface area contributed by atoms with Crippen molar-refractivity contribution in [1.82, 2.24) is 0 Å². The van der Waals surface area contributed by atoms with Crippen LogP contribution in [0.2, 0.25) is 0 Å². The van der Waals surface area contributed by atoms with Gasteiger partial charge >= 0.3 is 0 Å². The van der Waals surface area contributed by atoms with E-state index in [1.165, 1.54) is 19.3 Å². The summed E-state index contributed by atoms with van der Waals surface area (Å²) in [5.41, 5.74) is 8.70. The predicted molar refractivity (Wildman–Crippen MR) is 90.5 cm³/mol. The Morgan fingerprint density at radius 2 is 1.59 bits per heavy atom. The van der Waals surface area contributed by atoms with E-state index < -0.39 is 0 Å². The van der Waals surface area contributed by atoms with E-state index in [1.54, 1.807) is 18.2 Å². The first kappa shape index (κ1) is 13.2. The molecule has 0 spiro atoms. The smallest absolute Gasteiger partial charge is 0.200 e. The van der Waals surface area contributed by atoms with Crippen molar-refractivity contribution >= 4 is 33.3 Å². The molecule has 0 unspecified atom stereocenters. The zero-order valence-corrected chi connectivity index (χ0v) is 12.3. The van der Waals surface area contributed by atoms with Crippen LogP contribution in [0, 0.1) is 0 Å². The Morgan fingerprint density at radius 3 is 2.36 bits per heavy atom. The topological polar surface area (TPSA) is 59.5 Å². The summed E-state index contributed by atoms with van der Waals surface area (Å²) >= 11 is 0. The van der Waals surface area contributed by atoms with Crippen molar-refractivity contribution in [3.05, 3.63) is 46.6 Å². The van der Waals surface area contributed by atoms with Gasteiger partial charge in [-0.15, -0.1) is 0 Å². The van der Waals surface area contributed by atoms with E-state index in [-0.39, 0.29) is 5.43 Å². The molecule has 3 aromatic rings. The van der Waals surface area contributed by atoms with Crippen LogP contribution in [0.1, 0.15) is 19.3 Å². The van der Waals surface area contributed by atoms with Gasteiger partial charge in [0, 0.05) is 36.6 Å². The number of piperidine rings is 1. The van der Waals surface area contributed by atoms with Gasteiger partial charge in [0.05, 0.1) is 10.8 Å². The Hall–Kier alpha value is -2.49. The quantitative estimate of drug-likeness (QED) is 0.551. The number of anilines is 2. The van der Waals surface area contributed by atoms with Crippen LogP contribution in [0.5, 0.6) is 0 Å². The van der Waals surface area contributed by atoms with Gasteiger partial charge in [-0.05, 0) is 43.5 Å². The molecule has 0 aliphatic carbocycles. The zero-order valence-electron chi connectivity index (χ0n) is 12.3. The van der Waals surface area contributed by atoms with Crippen LogP contribution in [0.15, 0.2) is 45.6 Å². The summed E-state index contributed by atoms with van der Waals surface area (Å²) in [4.78, 5) is 14.9. The molecule has 4 heteroatoms. The second-order valence-electron chi connectivity index (χ2n) is 5.91. The van der Waals surface area contributed by atoms with Crippen molar-refractivity contribution in [2.45, 2.75) is 19.3 Å². The molecule has 1 fully saturated rings. The molecule has 4 nitrogen and oxygen atoms in total. The third-order valence-electron chi connectivity index (χ3n) is 4.40. The zero-order chi connectivity index (χ0) is 15.1. The van der Waals surface area contributed by atoms with Crippen molar-refractivity contribution < 1.29 is 4.42 Å². The minimum Gasteiger partial charge on any atom is -0.456 e. The highest BCUT2D eigenvalue weighted by atomic mass is 16.3. The molecule has 0 radical (unpaired) electrons. The number of nitrogens with two attached hydrogens (primary N) is 1. The SMILES string of the molecule is Nc1ccc2c(=O)c3ccc(N4CCCCC4)cc3oc2c1. The van der Waals surface area contributed by atoms with Crippen LogP contribution in [0.3, 0.4) is 0 Å². The number of hydrogen-bond acceptors (Lipinski definition) is 4. The Kier molecular flexibility index (Phi) is 3.03. The Balaban J connectivity index is 1.91. The molecule has 0 amide bonds. The van der Waals surface area contributed by atoms with Crippen LogP contribution in [0.4, 0.5) is 11.4 Å². The third kappa shape index (κ3) is 2.11. The maximum absolute atomic E-state index is 12.6. The fourth-order valence-electron chi connectivity index (χ4n) is 3.21. The standard InChI is InChI=1S/C18H18N2O2/c19-12-4-6-14-16(10-12)22-17-11-13(5-7-15(17)18(14)21)20-8-2-1-3-9-20/h4-7,10-11H,1-3,8-9,19H2. The molecular formula is C18H18N2O2. The van der Waals surface area contributed by atoms with E-state index in [9.17, 15) is 4.79 Å². The second kappa shape index (κ2) is 5.05. The lowest BCUT2D eigenvalue weighted by Crippen LogP contribution is -2.29. The molecule has 2 heterocycles. The van der Waals surface area contributed by atoms with Crippen molar-refractivity contribution in [3.63, 3.8) is 0 Å². The summed E-state index contributed by atoms with van der Waals surface area (Å²) in [7, 11) is 0. The van der Waals surface area contributed by atoms with Gasteiger partial charge in [0.15, 0.2) is 0 Å². The molecule has 0 bridgehead atoms. The van der Waals surface area contributed by atoms with Gasteiger partial charge in [-0.3, -0.25) is 4.79 Å². The number of nitrogens with zero attached hydrogens (tertiary/aromatic N) is 1. The molecule has 4 rings (SSSR count). The highest BCUT2D eigenvalue weighted by molar-refractivity contribution is 5.92. The number of fused-ring (bicyclic) bond motifs is 2. The van der Waals surface area contributed by atoms with Crippen LogP contribution >= 0.6 is 0 Å². The fraction of sp³-hybridized carbons (Fsp3) is 0.278. The Morgan fingerprint density at radius 1 is 0.909 bits per heavy atom. The van der Waals surface area contributed by atoms with Crippen molar-refractivity contribution in [3.8, 4) is 0 Å². The van der Waals surface area contributed by atoms with Crippen molar-refractivity contribution in [1.29, 1.82) is 0 Å². The van der Waals surface area contributed by atoms with Gasteiger partial charge in [0.1, 0.15) is 11.2 Å². The number of benzene rings is 2. The van der Waals surface area contributed by atoms with Crippen molar-refractivity contribution in [2.75, 3.05) is 23.7 Å². The first-order valence-corrected chi connectivity index (χ1v) is 7.73. The van der Waals surface area contributed by atoms with E-state index in [4.69, 9.17) is 10.2 Å². The first-order valence-electron chi connectivity index (χ1n) is 7.73. The van der Waals surface area contributed by atoms with Crippen LogP contribution in [-0.4, -0.2) is 13.1 Å². The highest BCUT2D eigenvalue weighted by Gasteiger charge is 2.13. The molecule has 2 aromatic carbocycles. The van der Waals surface area contributed by atoms with Gasteiger partial charge < -0.3 is 15.1 Å². The monoisotopic (exact) mass is 294 g/mol. The normalized spacial score (nSPS) is 15.5. The van der Waals surface area contributed by atoms with E-state index in [1.807, 2.05) is 18.2 Å². The molecule has 0 saturated carbocycles. The average Bonchev–Trinajstić information content (AvgIpc) is 2.55. The summed E-state index contributed by atoms with van der Waals surface area (Å²) in [6.07, 6.45) is 3.73. The highest BCUT2D eigenvalue weighted by Crippen LogP contribution is 2.26. The van der Waals surface area contributed by atoms with Gasteiger partial charge in [-0.25, -0.2) is 0 Å². The van der Waals surface area contributed by atoms with E-state index in [2.05, 4.69) is 4.90 Å². The van der Waals surface area contributed by atoms with E-state index >= 15 is 0 Å².